The number of nitrogens with zero attached hydrogens (tertiary/aromatic N) is 12. The summed E-state index contributed by atoms with van der Waals surface area (Å²) in [5, 5.41) is 14.3. The zero-order chi connectivity index (χ0) is 78.9. The molecule has 25 aromatic rings. The van der Waals surface area contributed by atoms with Crippen molar-refractivity contribution in [3.8, 4) is 91.3 Å². The number of para-hydroxylation sites is 9. The van der Waals surface area contributed by atoms with Gasteiger partial charge in [-0.05, 0) is 109 Å². The van der Waals surface area contributed by atoms with Crippen LogP contribution in [0.3, 0.4) is 0 Å². The van der Waals surface area contributed by atoms with Crippen molar-refractivity contribution in [1.29, 1.82) is 0 Å². The van der Waals surface area contributed by atoms with Crippen molar-refractivity contribution in [3.63, 3.8) is 0 Å². The summed E-state index contributed by atoms with van der Waals surface area (Å²) < 4.78 is 14.4. The molecule has 12 nitrogen and oxygen atoms in total. The molecular formula is C108H68N12. The number of hydrogen-bond donors (Lipinski definition) is 0. The number of rotatable bonds is 11. The van der Waals surface area contributed by atoms with E-state index in [9.17, 15) is 0 Å². The highest BCUT2D eigenvalue weighted by Crippen LogP contribution is 2.50. The summed E-state index contributed by atoms with van der Waals surface area (Å²) in [7, 11) is 0. The summed E-state index contributed by atoms with van der Waals surface area (Å²) >= 11 is 0. The van der Waals surface area contributed by atoms with Crippen molar-refractivity contribution < 1.29 is 0 Å². The lowest BCUT2D eigenvalue weighted by Gasteiger charge is -2.14. The van der Waals surface area contributed by atoms with Crippen LogP contribution < -0.4 is 0 Å². The van der Waals surface area contributed by atoms with Gasteiger partial charge in [0.25, 0.3) is 0 Å². The molecule has 25 rings (SSSR count). The van der Waals surface area contributed by atoms with Gasteiger partial charge in [0.2, 0.25) is 5.95 Å². The van der Waals surface area contributed by atoms with Crippen LogP contribution in [0.2, 0.25) is 0 Å². The fraction of sp³-hybridized carbons (Fsp3) is 0. The van der Waals surface area contributed by atoms with Gasteiger partial charge >= 0.3 is 0 Å². The average molecular weight is 1530 g/mol. The van der Waals surface area contributed by atoms with Gasteiger partial charge < -0.3 is 22.8 Å². The SMILES string of the molecule is c1ccc(-c2nc(-c3ccccc3)nc(-c3ccccc3-n3c4ccccc4c4c3ccc3c5ccc6c(c7ccccc7n6-c6ccccc6)c5n(-c5ccccc5)c34)n2)cc1.c1ccc(-c2nc(-c3ccccc3)nc(-n3c4ccccc4c4c3ccc3c5ccc6c(c7ccccc7n6-c6ccccc6)c5n(-c5ccccc5)c34)n2)cc1. The Morgan fingerprint density at radius 2 is 0.392 bits per heavy atom. The maximum atomic E-state index is 5.21. The fourth-order valence-corrected chi connectivity index (χ4v) is 18.7. The first-order valence-electron chi connectivity index (χ1n) is 40.5. The van der Waals surface area contributed by atoms with Crippen LogP contribution in [0.4, 0.5) is 0 Å². The minimum atomic E-state index is 0.573. The lowest BCUT2D eigenvalue weighted by molar-refractivity contribution is 0.953. The van der Waals surface area contributed by atoms with E-state index >= 15 is 0 Å². The Morgan fingerprint density at radius 3 is 0.733 bits per heavy atom. The van der Waals surface area contributed by atoms with E-state index in [4.69, 9.17) is 29.9 Å². The molecule has 0 saturated carbocycles. The van der Waals surface area contributed by atoms with E-state index in [0.717, 1.165) is 94.6 Å². The Labute approximate surface area is 687 Å². The quantitative estimate of drug-likeness (QED) is 0.128. The number of benzene rings is 17. The van der Waals surface area contributed by atoms with Gasteiger partial charge in [0.15, 0.2) is 29.1 Å². The van der Waals surface area contributed by atoms with E-state index in [2.05, 4.69) is 367 Å². The average Bonchev–Trinajstić information content (AvgIpc) is 1.53. The summed E-state index contributed by atoms with van der Waals surface area (Å²) in [6, 6.07) is 146. The van der Waals surface area contributed by atoms with Gasteiger partial charge in [-0.25, -0.2) is 19.9 Å². The molecule has 0 aliphatic carbocycles. The molecule has 0 bridgehead atoms. The molecule has 0 aliphatic rings. The molecule has 0 aliphatic heterocycles. The number of hydrogen-bond acceptors (Lipinski definition) is 6. The Morgan fingerprint density at radius 1 is 0.150 bits per heavy atom. The molecule has 0 saturated heterocycles. The van der Waals surface area contributed by atoms with Crippen LogP contribution in [-0.4, -0.2) is 57.3 Å². The standard InChI is InChI=1S/C57H36N6.C51H32N6/c1-5-19-37(20-6-1)55-58-56(38-21-7-2-8-22-38)60-57(59-55)45-29-15-18-32-48(45)63-47-31-17-14-28-44(47)52-50(63)36-34-42-41-33-35-49-51(53(41)62(54(42)52)40-25-11-4-12-26-40)43-27-13-16-30-46(43)61(49)39-23-9-3-10-24-39;1-5-17-33(18-6-1)49-52-50(34-19-7-2-8-20-34)54-51(53-49)57-42-28-16-14-26-40(42)46-44(57)32-30-38-37-29-31-43-45(47(37)56(48(38)46)36-23-11-4-12-24-36)39-25-13-15-27-41(39)55(43)35-21-9-3-10-22-35/h1-36H;1-32H. The van der Waals surface area contributed by atoms with E-state index < -0.39 is 0 Å². The van der Waals surface area contributed by atoms with Crippen LogP contribution >= 0.6 is 0 Å². The zero-order valence-electron chi connectivity index (χ0n) is 64.6. The molecule has 8 aromatic heterocycles. The van der Waals surface area contributed by atoms with Gasteiger partial charge in [-0.2, -0.15) is 9.97 Å². The monoisotopic (exact) mass is 1530 g/mol. The third kappa shape index (κ3) is 10.6. The van der Waals surface area contributed by atoms with Crippen LogP contribution in [0.5, 0.6) is 0 Å². The molecule has 0 N–H and O–H groups in total. The van der Waals surface area contributed by atoms with Crippen molar-refractivity contribution in [2.45, 2.75) is 0 Å². The molecule has 0 radical (unpaired) electrons. The molecule has 560 valence electrons. The van der Waals surface area contributed by atoms with E-state index in [0.29, 0.717) is 35.1 Å². The van der Waals surface area contributed by atoms with E-state index in [1.54, 1.807) is 0 Å². The minimum Gasteiger partial charge on any atom is -0.309 e. The third-order valence-electron chi connectivity index (χ3n) is 23.7. The van der Waals surface area contributed by atoms with E-state index in [1.807, 2.05) is 72.8 Å². The van der Waals surface area contributed by atoms with Crippen molar-refractivity contribution in [2.24, 2.45) is 0 Å². The predicted octanol–water partition coefficient (Wildman–Crippen LogP) is 26.7. The summed E-state index contributed by atoms with van der Waals surface area (Å²) in [6.45, 7) is 0. The summed E-state index contributed by atoms with van der Waals surface area (Å²) in [6.07, 6.45) is 0. The van der Waals surface area contributed by atoms with E-state index in [1.165, 1.54) is 92.5 Å². The van der Waals surface area contributed by atoms with Crippen molar-refractivity contribution in [2.75, 3.05) is 0 Å². The molecule has 0 atom stereocenters. The molecule has 120 heavy (non-hydrogen) atoms. The smallest absolute Gasteiger partial charge is 0.238 e. The molecule has 17 aromatic carbocycles. The second-order valence-corrected chi connectivity index (χ2v) is 30.4. The third-order valence-corrected chi connectivity index (χ3v) is 23.7. The molecule has 0 fully saturated rings. The first kappa shape index (κ1) is 68.0. The maximum Gasteiger partial charge on any atom is 0.238 e. The van der Waals surface area contributed by atoms with Gasteiger partial charge in [0, 0.05) is 115 Å². The summed E-state index contributed by atoms with van der Waals surface area (Å²) in [5.41, 5.74) is 23.8. The Balaban J connectivity index is 0.000000137. The van der Waals surface area contributed by atoms with Crippen LogP contribution in [0.15, 0.2) is 413 Å². The second kappa shape index (κ2) is 27.7. The second-order valence-electron chi connectivity index (χ2n) is 30.4. The topological polar surface area (TPSA) is 107 Å². The summed E-state index contributed by atoms with van der Waals surface area (Å²) in [4.78, 5) is 30.8. The maximum absolute atomic E-state index is 5.21. The van der Waals surface area contributed by atoms with Crippen LogP contribution in [0, 0.1) is 0 Å². The molecule has 12 heteroatoms. The van der Waals surface area contributed by atoms with Gasteiger partial charge in [0.05, 0.1) is 71.9 Å². The van der Waals surface area contributed by atoms with Crippen LogP contribution in [0.25, 0.3) is 222 Å². The van der Waals surface area contributed by atoms with Gasteiger partial charge in [-0.1, -0.05) is 303 Å². The highest BCUT2D eigenvalue weighted by Gasteiger charge is 2.30. The molecule has 0 amide bonds. The van der Waals surface area contributed by atoms with Gasteiger partial charge in [0.1, 0.15) is 0 Å². The summed E-state index contributed by atoms with van der Waals surface area (Å²) in [5.74, 6) is 3.70. The Hall–Kier alpha value is -16.4. The van der Waals surface area contributed by atoms with Crippen LogP contribution in [-0.2, 0) is 0 Å². The van der Waals surface area contributed by atoms with Crippen molar-refractivity contribution in [3.05, 3.63) is 413 Å². The Kier molecular flexibility index (Phi) is 15.7. The zero-order valence-corrected chi connectivity index (χ0v) is 64.6. The number of aromatic nitrogens is 12. The molecule has 8 heterocycles. The lowest BCUT2D eigenvalue weighted by atomic mass is 10.1. The largest absolute Gasteiger partial charge is 0.309 e. The fourth-order valence-electron chi connectivity index (χ4n) is 18.7. The van der Waals surface area contributed by atoms with Gasteiger partial charge in [-0.15, -0.1) is 0 Å². The number of fused-ring (bicyclic) bond motifs is 22. The molecule has 0 spiro atoms. The molecule has 0 unspecified atom stereocenters. The highest BCUT2D eigenvalue weighted by molar-refractivity contribution is 6.34. The van der Waals surface area contributed by atoms with E-state index in [-0.39, 0.29) is 0 Å². The molecular weight excluding hydrogens is 1470 g/mol. The van der Waals surface area contributed by atoms with Gasteiger partial charge in [-0.3, -0.25) is 4.57 Å². The van der Waals surface area contributed by atoms with Crippen molar-refractivity contribution in [1.82, 2.24) is 57.3 Å². The first-order chi connectivity index (χ1) is 59.6. The van der Waals surface area contributed by atoms with Crippen LogP contribution in [0.1, 0.15) is 0 Å². The van der Waals surface area contributed by atoms with Crippen molar-refractivity contribution >= 4 is 131 Å². The highest BCUT2D eigenvalue weighted by atomic mass is 15.2. The normalized spacial score (nSPS) is 11.8. The first-order valence-corrected chi connectivity index (χ1v) is 40.5. The lowest BCUT2D eigenvalue weighted by Crippen LogP contribution is -2.06. The predicted molar refractivity (Wildman–Crippen MR) is 493 cm³/mol. The minimum absolute atomic E-state index is 0.573. The Bertz CT molecular complexity index is 8250.